The minimum atomic E-state index is -0.710. The van der Waals surface area contributed by atoms with E-state index in [1.807, 2.05) is 0 Å². The Hall–Kier alpha value is -1.96. The average Bonchev–Trinajstić information content (AvgIpc) is 2.17. The largest absolute Gasteiger partial charge is 0.345 e. The van der Waals surface area contributed by atoms with Gasteiger partial charge in [-0.1, -0.05) is 6.07 Å². The van der Waals surface area contributed by atoms with Crippen LogP contribution in [0.15, 0.2) is 18.2 Å². The van der Waals surface area contributed by atoms with Gasteiger partial charge in [0.25, 0.3) is 12.5 Å². The van der Waals surface area contributed by atoms with E-state index < -0.39 is 17.5 Å². The number of nitrogens with one attached hydrogen (secondary N) is 1. The molecule has 0 aliphatic rings. The molecule has 0 saturated carbocycles. The van der Waals surface area contributed by atoms with Crippen LogP contribution in [0.25, 0.3) is 4.85 Å². The standard InChI is InChI=1S/C10H8F2N2O/c1-13-6-10(15)14-5-7-8(11)3-2-4-9(7)12/h2-4H,5-6H2,(H,14,15). The van der Waals surface area contributed by atoms with Crippen molar-refractivity contribution in [1.29, 1.82) is 0 Å². The monoisotopic (exact) mass is 210 g/mol. The van der Waals surface area contributed by atoms with Crippen LogP contribution in [0.3, 0.4) is 0 Å². The first-order valence-electron chi connectivity index (χ1n) is 4.18. The Balaban J connectivity index is 2.66. The van der Waals surface area contributed by atoms with Gasteiger partial charge < -0.3 is 10.2 Å². The molecular weight excluding hydrogens is 202 g/mol. The van der Waals surface area contributed by atoms with Gasteiger partial charge in [0.05, 0.1) is 0 Å². The fourth-order valence-electron chi connectivity index (χ4n) is 1.02. The number of rotatable bonds is 3. The fraction of sp³-hybridized carbons (Fsp3) is 0.200. The number of hydrogen-bond acceptors (Lipinski definition) is 1. The summed E-state index contributed by atoms with van der Waals surface area (Å²) in [6, 6.07) is 3.47. The lowest BCUT2D eigenvalue weighted by Crippen LogP contribution is -2.25. The highest BCUT2D eigenvalue weighted by atomic mass is 19.1. The molecule has 0 radical (unpaired) electrons. The van der Waals surface area contributed by atoms with Crippen LogP contribution in [0, 0.1) is 18.2 Å². The molecule has 1 aromatic rings. The molecule has 0 heterocycles. The maximum atomic E-state index is 13.0. The minimum Gasteiger partial charge on any atom is -0.345 e. The van der Waals surface area contributed by atoms with Gasteiger partial charge in [-0.3, -0.25) is 4.79 Å². The molecule has 0 saturated heterocycles. The number of carbonyl (C=O) groups excluding carboxylic acids is 1. The van der Waals surface area contributed by atoms with E-state index in [0.29, 0.717) is 0 Å². The average molecular weight is 210 g/mol. The Bertz CT molecular complexity index is 392. The van der Waals surface area contributed by atoms with Gasteiger partial charge >= 0.3 is 0 Å². The van der Waals surface area contributed by atoms with E-state index in [1.54, 1.807) is 0 Å². The zero-order valence-electron chi connectivity index (χ0n) is 7.76. The molecule has 0 unspecified atom stereocenters. The van der Waals surface area contributed by atoms with Crippen LogP contribution >= 0.6 is 0 Å². The first-order chi connectivity index (χ1) is 7.15. The zero-order valence-corrected chi connectivity index (χ0v) is 7.76. The second kappa shape index (κ2) is 5.05. The van der Waals surface area contributed by atoms with Crippen LogP contribution in [0.5, 0.6) is 0 Å². The lowest BCUT2D eigenvalue weighted by atomic mass is 10.2. The molecule has 1 amide bonds. The smallest absolute Gasteiger partial charge is 0.300 e. The Morgan fingerprint density at radius 3 is 2.53 bits per heavy atom. The van der Waals surface area contributed by atoms with Crippen molar-refractivity contribution in [3.8, 4) is 0 Å². The molecule has 0 fully saturated rings. The Labute approximate surface area is 85.5 Å². The van der Waals surface area contributed by atoms with E-state index >= 15 is 0 Å². The highest BCUT2D eigenvalue weighted by molar-refractivity contribution is 5.79. The van der Waals surface area contributed by atoms with E-state index in [-0.39, 0.29) is 18.7 Å². The number of nitrogens with zero attached hydrogens (tertiary/aromatic N) is 1. The van der Waals surface area contributed by atoms with Crippen molar-refractivity contribution in [2.24, 2.45) is 0 Å². The SMILES string of the molecule is [C-]#[N+]CC(=O)NCc1c(F)cccc1F. The van der Waals surface area contributed by atoms with Gasteiger partial charge in [0.2, 0.25) is 0 Å². The number of hydrogen-bond donors (Lipinski definition) is 1. The summed E-state index contributed by atoms with van der Waals surface area (Å²) < 4.78 is 26.1. The minimum absolute atomic E-state index is 0.198. The molecule has 0 spiro atoms. The van der Waals surface area contributed by atoms with Gasteiger partial charge in [0, 0.05) is 12.1 Å². The van der Waals surface area contributed by atoms with Crippen molar-refractivity contribution in [3.63, 3.8) is 0 Å². The van der Waals surface area contributed by atoms with E-state index in [4.69, 9.17) is 6.57 Å². The molecule has 1 aromatic carbocycles. The van der Waals surface area contributed by atoms with E-state index in [2.05, 4.69) is 10.2 Å². The molecule has 5 heteroatoms. The highest BCUT2D eigenvalue weighted by Crippen LogP contribution is 2.11. The molecule has 0 aliphatic heterocycles. The van der Waals surface area contributed by atoms with E-state index in [1.165, 1.54) is 6.07 Å². The zero-order chi connectivity index (χ0) is 11.3. The lowest BCUT2D eigenvalue weighted by molar-refractivity contribution is -0.119. The summed E-state index contributed by atoms with van der Waals surface area (Å²) in [5.74, 6) is -1.97. The normalized spacial score (nSPS) is 9.40. The summed E-state index contributed by atoms with van der Waals surface area (Å²) in [5.41, 5.74) is -0.198. The molecule has 1 N–H and O–H groups in total. The van der Waals surface area contributed by atoms with Gasteiger partial charge in [-0.05, 0) is 12.1 Å². The predicted octanol–water partition coefficient (Wildman–Crippen LogP) is 1.50. The summed E-state index contributed by atoms with van der Waals surface area (Å²) in [6.07, 6.45) is 0. The van der Waals surface area contributed by atoms with Crippen molar-refractivity contribution < 1.29 is 13.6 Å². The number of benzene rings is 1. The summed E-state index contributed by atoms with van der Waals surface area (Å²) >= 11 is 0. The summed E-state index contributed by atoms with van der Waals surface area (Å²) in [4.78, 5) is 13.7. The van der Waals surface area contributed by atoms with Crippen LogP contribution in [0.4, 0.5) is 8.78 Å². The summed E-state index contributed by atoms with van der Waals surface area (Å²) in [6.45, 7) is 5.84. The summed E-state index contributed by atoms with van der Waals surface area (Å²) in [7, 11) is 0. The van der Waals surface area contributed by atoms with Crippen molar-refractivity contribution >= 4 is 5.91 Å². The van der Waals surface area contributed by atoms with Crippen molar-refractivity contribution in [1.82, 2.24) is 5.32 Å². The number of carbonyl (C=O) groups is 1. The quantitative estimate of drug-likeness (QED) is 0.753. The molecule has 15 heavy (non-hydrogen) atoms. The van der Waals surface area contributed by atoms with Gasteiger partial charge in [0.1, 0.15) is 11.6 Å². The number of halogens is 2. The predicted molar refractivity (Wildman–Crippen MR) is 49.7 cm³/mol. The Morgan fingerprint density at radius 2 is 2.00 bits per heavy atom. The maximum Gasteiger partial charge on any atom is 0.300 e. The van der Waals surface area contributed by atoms with Gasteiger partial charge in [0.15, 0.2) is 0 Å². The first kappa shape index (κ1) is 11.1. The molecule has 0 atom stereocenters. The molecule has 0 aromatic heterocycles. The van der Waals surface area contributed by atoms with Crippen molar-refractivity contribution in [2.75, 3.05) is 6.54 Å². The van der Waals surface area contributed by atoms with E-state index in [9.17, 15) is 13.6 Å². The molecule has 1 rings (SSSR count). The second-order valence-electron chi connectivity index (χ2n) is 2.79. The van der Waals surface area contributed by atoms with Crippen LogP contribution in [-0.2, 0) is 11.3 Å². The Kier molecular flexibility index (Phi) is 3.75. The van der Waals surface area contributed by atoms with Crippen LogP contribution in [-0.4, -0.2) is 12.5 Å². The molecule has 3 nitrogen and oxygen atoms in total. The third kappa shape index (κ3) is 3.02. The maximum absolute atomic E-state index is 13.0. The molecule has 0 bridgehead atoms. The van der Waals surface area contributed by atoms with Gasteiger partial charge in [-0.15, -0.1) is 0 Å². The molecular formula is C10H8F2N2O. The van der Waals surface area contributed by atoms with Crippen LogP contribution < -0.4 is 5.32 Å². The third-order valence-electron chi connectivity index (χ3n) is 1.75. The first-order valence-corrected chi connectivity index (χ1v) is 4.18. The highest BCUT2D eigenvalue weighted by Gasteiger charge is 2.10. The van der Waals surface area contributed by atoms with Gasteiger partial charge in [-0.25, -0.2) is 15.4 Å². The van der Waals surface area contributed by atoms with Crippen LogP contribution in [0.1, 0.15) is 5.56 Å². The lowest BCUT2D eigenvalue weighted by Gasteiger charge is -2.04. The fourth-order valence-corrected chi connectivity index (χ4v) is 1.02. The van der Waals surface area contributed by atoms with Crippen LogP contribution in [0.2, 0.25) is 0 Å². The summed E-state index contributed by atoms with van der Waals surface area (Å²) in [5, 5.41) is 2.25. The van der Waals surface area contributed by atoms with Gasteiger partial charge in [-0.2, -0.15) is 0 Å². The Morgan fingerprint density at radius 1 is 1.40 bits per heavy atom. The van der Waals surface area contributed by atoms with E-state index in [0.717, 1.165) is 12.1 Å². The van der Waals surface area contributed by atoms with Crippen molar-refractivity contribution in [2.45, 2.75) is 6.54 Å². The second-order valence-corrected chi connectivity index (χ2v) is 2.79. The molecule has 0 aliphatic carbocycles. The van der Waals surface area contributed by atoms with Crippen molar-refractivity contribution in [3.05, 3.63) is 46.8 Å². The number of amides is 1. The third-order valence-corrected chi connectivity index (χ3v) is 1.75. The molecule has 78 valence electrons. The topological polar surface area (TPSA) is 33.5 Å².